The Labute approximate surface area is 121 Å². The minimum atomic E-state index is -1.04. The molecule has 106 valence electrons. The Morgan fingerprint density at radius 3 is 3.15 bits per heavy atom. The second-order valence-electron chi connectivity index (χ2n) is 5.70. The van der Waals surface area contributed by atoms with Crippen molar-refractivity contribution in [3.05, 3.63) is 28.8 Å². The van der Waals surface area contributed by atoms with Gasteiger partial charge in [-0.2, -0.15) is 0 Å². The third kappa shape index (κ3) is 1.91. The molecule has 2 aliphatic heterocycles. The highest BCUT2D eigenvalue weighted by atomic mass is 32.1. The van der Waals surface area contributed by atoms with Gasteiger partial charge in [0.1, 0.15) is 5.67 Å². The Morgan fingerprint density at radius 1 is 1.45 bits per heavy atom. The van der Waals surface area contributed by atoms with Crippen LogP contribution in [0.3, 0.4) is 0 Å². The maximum absolute atomic E-state index is 14.7. The van der Waals surface area contributed by atoms with Crippen molar-refractivity contribution < 1.29 is 9.13 Å². The van der Waals surface area contributed by atoms with Crippen LogP contribution in [0, 0.1) is 0 Å². The number of rotatable bonds is 3. The number of ether oxygens (including phenoxy) is 1. The van der Waals surface area contributed by atoms with Gasteiger partial charge in [0.05, 0.1) is 24.3 Å². The number of hydrogen-bond acceptors (Lipinski definition) is 3. The first-order chi connectivity index (χ1) is 9.77. The molecular formula is C15H17FN2OS. The Kier molecular flexibility index (Phi) is 2.93. The van der Waals surface area contributed by atoms with Gasteiger partial charge >= 0.3 is 0 Å². The molecule has 0 bridgehead atoms. The van der Waals surface area contributed by atoms with Crippen molar-refractivity contribution in [2.75, 3.05) is 13.2 Å². The molecule has 0 aliphatic carbocycles. The summed E-state index contributed by atoms with van der Waals surface area (Å²) in [6.07, 6.45) is 6.30. The summed E-state index contributed by atoms with van der Waals surface area (Å²) < 4.78 is 22.2. The van der Waals surface area contributed by atoms with Gasteiger partial charge in [-0.1, -0.05) is 0 Å². The standard InChI is InChI=1S/C15H17FN2OS/c16-15(4-6-19-7-5-15)3-1-12-14-11(2-8-20-14)13-9-17-10-18(12)13/h2,8-10,12H,1,3-7H2. The monoisotopic (exact) mass is 292 g/mol. The fourth-order valence-electron chi connectivity index (χ4n) is 3.33. The molecule has 0 saturated carbocycles. The average molecular weight is 292 g/mol. The smallest absolute Gasteiger partial charge is 0.115 e. The molecule has 4 rings (SSSR count). The van der Waals surface area contributed by atoms with E-state index in [1.807, 2.05) is 12.5 Å². The summed E-state index contributed by atoms with van der Waals surface area (Å²) in [5.41, 5.74) is 1.41. The lowest BCUT2D eigenvalue weighted by atomic mass is 9.89. The van der Waals surface area contributed by atoms with E-state index in [0.29, 0.717) is 32.5 Å². The number of imidazole rings is 1. The maximum Gasteiger partial charge on any atom is 0.115 e. The molecule has 2 aromatic rings. The summed E-state index contributed by atoms with van der Waals surface area (Å²) in [4.78, 5) is 5.60. The molecule has 0 amide bonds. The Hall–Kier alpha value is -1.20. The SMILES string of the molecule is FC1(CCC2c3sccc3-c3cncn32)CCOCC1. The van der Waals surface area contributed by atoms with E-state index in [1.54, 1.807) is 11.3 Å². The van der Waals surface area contributed by atoms with E-state index in [-0.39, 0.29) is 6.04 Å². The number of fused-ring (bicyclic) bond motifs is 3. The predicted octanol–water partition coefficient (Wildman–Crippen LogP) is 3.81. The summed E-state index contributed by atoms with van der Waals surface area (Å²) in [5.74, 6) is 0. The lowest BCUT2D eigenvalue weighted by Gasteiger charge is -2.30. The van der Waals surface area contributed by atoms with E-state index < -0.39 is 5.67 Å². The van der Waals surface area contributed by atoms with Crippen LogP contribution in [0.5, 0.6) is 0 Å². The zero-order chi connectivity index (χ0) is 13.6. The van der Waals surface area contributed by atoms with Crippen LogP contribution in [0.15, 0.2) is 24.0 Å². The lowest BCUT2D eigenvalue weighted by molar-refractivity contribution is -0.0151. The fraction of sp³-hybridized carbons (Fsp3) is 0.533. The first-order valence-corrected chi connectivity index (χ1v) is 8.01. The van der Waals surface area contributed by atoms with Crippen molar-refractivity contribution in [3.63, 3.8) is 0 Å². The zero-order valence-corrected chi connectivity index (χ0v) is 12.0. The van der Waals surface area contributed by atoms with Gasteiger partial charge in [0.2, 0.25) is 0 Å². The van der Waals surface area contributed by atoms with Gasteiger partial charge in [-0.3, -0.25) is 0 Å². The van der Waals surface area contributed by atoms with Crippen molar-refractivity contribution >= 4 is 11.3 Å². The van der Waals surface area contributed by atoms with Gasteiger partial charge in [-0.15, -0.1) is 11.3 Å². The summed E-state index contributed by atoms with van der Waals surface area (Å²) in [6.45, 7) is 1.11. The van der Waals surface area contributed by atoms with Crippen LogP contribution in [0.1, 0.15) is 36.6 Å². The minimum Gasteiger partial charge on any atom is -0.381 e. The normalized spacial score (nSPS) is 23.6. The molecule has 3 nitrogen and oxygen atoms in total. The number of nitrogens with zero attached hydrogens (tertiary/aromatic N) is 2. The first kappa shape index (κ1) is 12.5. The molecule has 0 N–H and O–H groups in total. The quantitative estimate of drug-likeness (QED) is 0.860. The second kappa shape index (κ2) is 4.67. The predicted molar refractivity (Wildman–Crippen MR) is 76.8 cm³/mol. The van der Waals surface area contributed by atoms with E-state index in [4.69, 9.17) is 4.74 Å². The highest BCUT2D eigenvalue weighted by Gasteiger charge is 2.36. The Morgan fingerprint density at radius 2 is 2.30 bits per heavy atom. The summed E-state index contributed by atoms with van der Waals surface area (Å²) in [5, 5.41) is 2.12. The molecule has 1 fully saturated rings. The number of halogens is 1. The summed E-state index contributed by atoms with van der Waals surface area (Å²) >= 11 is 1.77. The van der Waals surface area contributed by atoms with E-state index in [2.05, 4.69) is 21.0 Å². The van der Waals surface area contributed by atoms with Gasteiger partial charge in [0.15, 0.2) is 0 Å². The molecule has 4 heterocycles. The van der Waals surface area contributed by atoms with Crippen LogP contribution in [-0.4, -0.2) is 28.4 Å². The molecule has 2 aliphatic rings. The molecule has 1 unspecified atom stereocenters. The molecule has 0 spiro atoms. The van der Waals surface area contributed by atoms with Crippen molar-refractivity contribution in [1.29, 1.82) is 0 Å². The lowest BCUT2D eigenvalue weighted by Crippen LogP contribution is -2.32. The van der Waals surface area contributed by atoms with Gasteiger partial charge < -0.3 is 9.30 Å². The van der Waals surface area contributed by atoms with E-state index in [9.17, 15) is 4.39 Å². The number of hydrogen-bond donors (Lipinski definition) is 0. The highest BCUT2D eigenvalue weighted by molar-refractivity contribution is 7.10. The van der Waals surface area contributed by atoms with Crippen LogP contribution >= 0.6 is 11.3 Å². The molecule has 5 heteroatoms. The van der Waals surface area contributed by atoms with Crippen molar-refractivity contribution in [2.45, 2.75) is 37.4 Å². The highest BCUT2D eigenvalue weighted by Crippen LogP contribution is 2.46. The molecule has 2 aromatic heterocycles. The van der Waals surface area contributed by atoms with Gasteiger partial charge in [0.25, 0.3) is 0 Å². The molecule has 1 saturated heterocycles. The topological polar surface area (TPSA) is 27.1 Å². The molecule has 1 atom stereocenters. The maximum atomic E-state index is 14.7. The van der Waals surface area contributed by atoms with E-state index in [0.717, 1.165) is 6.42 Å². The zero-order valence-electron chi connectivity index (χ0n) is 11.2. The number of thiophene rings is 1. The van der Waals surface area contributed by atoms with Crippen molar-refractivity contribution in [3.8, 4) is 11.3 Å². The number of aromatic nitrogens is 2. The van der Waals surface area contributed by atoms with Crippen molar-refractivity contribution in [2.24, 2.45) is 0 Å². The largest absolute Gasteiger partial charge is 0.381 e. The van der Waals surface area contributed by atoms with Gasteiger partial charge in [0, 0.05) is 36.5 Å². The molecular weight excluding hydrogens is 275 g/mol. The van der Waals surface area contributed by atoms with Crippen LogP contribution in [0.25, 0.3) is 11.3 Å². The second-order valence-corrected chi connectivity index (χ2v) is 6.65. The van der Waals surface area contributed by atoms with Gasteiger partial charge in [-0.25, -0.2) is 9.37 Å². The van der Waals surface area contributed by atoms with Crippen molar-refractivity contribution in [1.82, 2.24) is 9.55 Å². The minimum absolute atomic E-state index is 0.262. The van der Waals surface area contributed by atoms with Crippen LogP contribution < -0.4 is 0 Å². The third-order valence-corrected chi connectivity index (χ3v) is 5.55. The Bertz CT molecular complexity index is 575. The molecule has 0 radical (unpaired) electrons. The molecule has 0 aromatic carbocycles. The number of alkyl halides is 1. The molecule has 20 heavy (non-hydrogen) atoms. The van der Waals surface area contributed by atoms with Gasteiger partial charge in [-0.05, 0) is 24.3 Å². The Balaban J connectivity index is 1.55. The average Bonchev–Trinajstić information content (AvgIpc) is 3.11. The first-order valence-electron chi connectivity index (χ1n) is 7.13. The summed E-state index contributed by atoms with van der Waals surface area (Å²) in [7, 11) is 0. The van der Waals surface area contributed by atoms with E-state index in [1.165, 1.54) is 16.1 Å². The van der Waals surface area contributed by atoms with Crippen LogP contribution in [0.2, 0.25) is 0 Å². The van der Waals surface area contributed by atoms with E-state index >= 15 is 0 Å². The van der Waals surface area contributed by atoms with Crippen LogP contribution in [-0.2, 0) is 4.74 Å². The third-order valence-electron chi connectivity index (χ3n) is 4.53. The van der Waals surface area contributed by atoms with Crippen LogP contribution in [0.4, 0.5) is 4.39 Å². The summed E-state index contributed by atoms with van der Waals surface area (Å²) in [6, 6.07) is 2.41. The fourth-order valence-corrected chi connectivity index (χ4v) is 4.37.